The minimum atomic E-state index is -0.385. The maximum Gasteiger partial charge on any atom is 0.336 e. The highest BCUT2D eigenvalue weighted by atomic mass is 16.4. The van der Waals surface area contributed by atoms with E-state index in [0.717, 1.165) is 29.6 Å². The number of rotatable bonds is 2. The average Bonchev–Trinajstić information content (AvgIpc) is 3.01. The highest BCUT2D eigenvalue weighted by Gasteiger charge is 2.25. The summed E-state index contributed by atoms with van der Waals surface area (Å²) in [6, 6.07) is 8.81. The van der Waals surface area contributed by atoms with Crippen LogP contribution >= 0.6 is 0 Å². The van der Waals surface area contributed by atoms with Gasteiger partial charge in [0.15, 0.2) is 0 Å². The van der Waals surface area contributed by atoms with Crippen LogP contribution in [0.15, 0.2) is 45.7 Å². The Hall–Kier alpha value is -2.89. The lowest BCUT2D eigenvalue weighted by molar-refractivity contribution is -0.120. The third kappa shape index (κ3) is 2.60. The first-order chi connectivity index (χ1) is 11.6. The number of aromatic nitrogens is 2. The van der Waals surface area contributed by atoms with E-state index in [1.54, 1.807) is 12.3 Å². The maximum absolute atomic E-state index is 12.5. The fourth-order valence-corrected chi connectivity index (χ4v) is 3.24. The lowest BCUT2D eigenvalue weighted by Crippen LogP contribution is -2.30. The number of carbonyl (C=O) groups is 1. The molecule has 0 saturated heterocycles. The van der Waals surface area contributed by atoms with E-state index in [1.165, 1.54) is 6.07 Å². The summed E-state index contributed by atoms with van der Waals surface area (Å²) in [5, 5.41) is 8.03. The van der Waals surface area contributed by atoms with Gasteiger partial charge in [0.25, 0.3) is 0 Å². The van der Waals surface area contributed by atoms with Crippen molar-refractivity contribution < 1.29 is 9.21 Å². The predicted octanol–water partition coefficient (Wildman–Crippen LogP) is 2.50. The van der Waals surface area contributed by atoms with E-state index in [9.17, 15) is 9.59 Å². The van der Waals surface area contributed by atoms with Crippen molar-refractivity contribution in [2.75, 3.05) is 5.32 Å². The van der Waals surface area contributed by atoms with Crippen molar-refractivity contribution in [3.05, 3.63) is 58.2 Å². The van der Waals surface area contributed by atoms with Crippen LogP contribution in [0.2, 0.25) is 0 Å². The van der Waals surface area contributed by atoms with Crippen LogP contribution in [-0.4, -0.2) is 15.7 Å². The van der Waals surface area contributed by atoms with Crippen molar-refractivity contribution in [2.45, 2.75) is 26.3 Å². The minimum absolute atomic E-state index is 0.0169. The molecular weight excluding hydrogens is 306 g/mol. The number of hydrogen-bond donors (Lipinski definition) is 1. The van der Waals surface area contributed by atoms with E-state index in [2.05, 4.69) is 10.4 Å². The molecule has 3 heterocycles. The zero-order valence-corrected chi connectivity index (χ0v) is 13.3. The number of amides is 1. The number of nitrogens with zero attached hydrogens (tertiary/aromatic N) is 2. The number of benzene rings is 1. The Morgan fingerprint density at radius 2 is 2.21 bits per heavy atom. The van der Waals surface area contributed by atoms with Crippen LogP contribution in [0.25, 0.3) is 11.0 Å². The molecule has 1 aliphatic heterocycles. The summed E-state index contributed by atoms with van der Waals surface area (Å²) in [5.74, 6) is -0.0915. The van der Waals surface area contributed by atoms with Gasteiger partial charge in [-0.05, 0) is 37.1 Å². The van der Waals surface area contributed by atoms with E-state index >= 15 is 0 Å². The molecule has 6 heteroatoms. The maximum atomic E-state index is 12.5. The second-order valence-corrected chi connectivity index (χ2v) is 6.18. The van der Waals surface area contributed by atoms with Gasteiger partial charge in [0.05, 0.1) is 0 Å². The third-order valence-corrected chi connectivity index (χ3v) is 4.54. The van der Waals surface area contributed by atoms with Gasteiger partial charge in [-0.2, -0.15) is 5.10 Å². The number of carbonyl (C=O) groups excluding carboxylic acids is 1. The van der Waals surface area contributed by atoms with Gasteiger partial charge in [-0.3, -0.25) is 9.48 Å². The topological polar surface area (TPSA) is 77.1 Å². The molecule has 6 nitrogen and oxygen atoms in total. The van der Waals surface area contributed by atoms with E-state index in [1.807, 2.05) is 29.8 Å². The molecule has 1 unspecified atom stereocenters. The molecule has 2 aromatic heterocycles. The molecule has 1 aromatic carbocycles. The largest absolute Gasteiger partial charge is 0.423 e. The smallest absolute Gasteiger partial charge is 0.336 e. The molecule has 24 heavy (non-hydrogen) atoms. The van der Waals surface area contributed by atoms with Gasteiger partial charge in [-0.1, -0.05) is 0 Å². The molecule has 0 fully saturated rings. The Kier molecular flexibility index (Phi) is 3.45. The van der Waals surface area contributed by atoms with Gasteiger partial charge in [0, 0.05) is 54.0 Å². The van der Waals surface area contributed by atoms with E-state index in [4.69, 9.17) is 4.42 Å². The number of anilines is 1. The molecule has 1 atom stereocenters. The predicted molar refractivity (Wildman–Crippen MR) is 89.9 cm³/mol. The van der Waals surface area contributed by atoms with Crippen LogP contribution in [-0.2, 0) is 17.8 Å². The second kappa shape index (κ2) is 5.63. The molecule has 1 amide bonds. The number of hydrogen-bond acceptors (Lipinski definition) is 4. The quantitative estimate of drug-likeness (QED) is 0.735. The highest BCUT2D eigenvalue weighted by molar-refractivity contribution is 5.95. The molecule has 1 aliphatic rings. The summed E-state index contributed by atoms with van der Waals surface area (Å²) in [6.07, 6.45) is 3.22. The van der Waals surface area contributed by atoms with E-state index in [0.29, 0.717) is 17.7 Å². The first-order valence-electron chi connectivity index (χ1n) is 7.96. The molecule has 0 saturated carbocycles. The lowest BCUT2D eigenvalue weighted by Gasteiger charge is -2.22. The van der Waals surface area contributed by atoms with Crippen molar-refractivity contribution in [2.24, 2.45) is 5.92 Å². The normalized spacial score (nSPS) is 16.8. The molecule has 0 bridgehead atoms. The molecule has 0 spiro atoms. The minimum Gasteiger partial charge on any atom is -0.423 e. The molecule has 122 valence electrons. The third-order valence-electron chi connectivity index (χ3n) is 4.54. The first kappa shape index (κ1) is 14.7. The van der Waals surface area contributed by atoms with E-state index in [-0.39, 0.29) is 17.5 Å². The summed E-state index contributed by atoms with van der Waals surface area (Å²) >= 11 is 0. The summed E-state index contributed by atoms with van der Waals surface area (Å²) < 4.78 is 7.17. The first-order valence-corrected chi connectivity index (χ1v) is 7.96. The molecule has 1 N–H and O–H groups in total. The van der Waals surface area contributed by atoms with Gasteiger partial charge in [-0.15, -0.1) is 0 Å². The molecule has 3 aromatic rings. The summed E-state index contributed by atoms with van der Waals surface area (Å²) in [6.45, 7) is 2.62. The fourth-order valence-electron chi connectivity index (χ4n) is 3.24. The Bertz CT molecular complexity index is 987. The van der Waals surface area contributed by atoms with Crippen LogP contribution < -0.4 is 10.9 Å². The van der Waals surface area contributed by atoms with Crippen molar-refractivity contribution in [3.63, 3.8) is 0 Å². The van der Waals surface area contributed by atoms with Gasteiger partial charge < -0.3 is 9.73 Å². The monoisotopic (exact) mass is 323 g/mol. The highest BCUT2D eigenvalue weighted by Crippen LogP contribution is 2.24. The van der Waals surface area contributed by atoms with Crippen LogP contribution in [0.5, 0.6) is 0 Å². The van der Waals surface area contributed by atoms with Gasteiger partial charge in [0.2, 0.25) is 5.91 Å². The van der Waals surface area contributed by atoms with Crippen LogP contribution in [0.1, 0.15) is 17.7 Å². The van der Waals surface area contributed by atoms with Crippen molar-refractivity contribution in [3.8, 4) is 0 Å². The zero-order chi connectivity index (χ0) is 16.7. The molecule has 4 rings (SSSR count). The van der Waals surface area contributed by atoms with Crippen molar-refractivity contribution in [1.29, 1.82) is 0 Å². The molecule has 0 radical (unpaired) electrons. The molecular formula is C18H17N3O3. The SMILES string of the molecule is Cc1cc(=O)oc2cc(NC(=O)C3CCn4nccc4C3)ccc12. The van der Waals surface area contributed by atoms with E-state index < -0.39 is 0 Å². The summed E-state index contributed by atoms with van der Waals surface area (Å²) in [7, 11) is 0. The van der Waals surface area contributed by atoms with Crippen molar-refractivity contribution >= 4 is 22.6 Å². The van der Waals surface area contributed by atoms with Crippen LogP contribution in [0.3, 0.4) is 0 Å². The summed E-state index contributed by atoms with van der Waals surface area (Å²) in [5.41, 5.74) is 2.69. The molecule has 0 aliphatic carbocycles. The Morgan fingerprint density at radius 1 is 1.33 bits per heavy atom. The summed E-state index contributed by atoms with van der Waals surface area (Å²) in [4.78, 5) is 24.1. The number of aryl methyl sites for hydroxylation is 2. The lowest BCUT2D eigenvalue weighted by atomic mass is 9.95. The fraction of sp³-hybridized carbons (Fsp3) is 0.278. The van der Waals surface area contributed by atoms with Gasteiger partial charge in [-0.25, -0.2) is 4.79 Å². The number of fused-ring (bicyclic) bond motifs is 2. The average molecular weight is 323 g/mol. The Labute approximate surface area is 138 Å². The van der Waals surface area contributed by atoms with Crippen LogP contribution in [0, 0.1) is 12.8 Å². The van der Waals surface area contributed by atoms with Crippen LogP contribution in [0.4, 0.5) is 5.69 Å². The zero-order valence-electron chi connectivity index (χ0n) is 13.3. The second-order valence-electron chi connectivity index (χ2n) is 6.18. The van der Waals surface area contributed by atoms with Crippen molar-refractivity contribution in [1.82, 2.24) is 9.78 Å². The Morgan fingerprint density at radius 3 is 3.08 bits per heavy atom. The van der Waals surface area contributed by atoms with Gasteiger partial charge >= 0.3 is 5.63 Å². The Balaban J connectivity index is 1.56. The van der Waals surface area contributed by atoms with Gasteiger partial charge in [0.1, 0.15) is 5.58 Å². The number of nitrogens with one attached hydrogen (secondary N) is 1. The standard InChI is InChI=1S/C18H17N3O3/c1-11-8-17(22)24-16-10-13(2-3-15(11)16)20-18(23)12-5-7-21-14(9-12)4-6-19-21/h2-4,6,8,10,12H,5,7,9H2,1H3,(H,20,23).